The number of allylic oxidation sites excluding steroid dienone is 2. The number of hydrogen-bond acceptors (Lipinski definition) is 5. The lowest BCUT2D eigenvalue weighted by molar-refractivity contribution is -0.305. The van der Waals surface area contributed by atoms with Crippen molar-refractivity contribution in [3.05, 3.63) is 51.9 Å². The van der Waals surface area contributed by atoms with Crippen LogP contribution in [0, 0.1) is 0 Å². The van der Waals surface area contributed by atoms with Crippen molar-refractivity contribution in [1.82, 2.24) is 4.90 Å². The quantitative estimate of drug-likeness (QED) is 0.600. The molecule has 0 saturated carbocycles. The molecule has 0 unspecified atom stereocenters. The summed E-state index contributed by atoms with van der Waals surface area (Å²) in [4.78, 5) is 24.3. The van der Waals surface area contributed by atoms with Crippen LogP contribution in [0.2, 0.25) is 0 Å². The molecule has 1 saturated heterocycles. The molecule has 4 nitrogen and oxygen atoms in total. The van der Waals surface area contributed by atoms with Crippen LogP contribution >= 0.6 is 35.6 Å². The van der Waals surface area contributed by atoms with Crippen molar-refractivity contribution in [3.63, 3.8) is 0 Å². The van der Waals surface area contributed by atoms with E-state index in [0.717, 1.165) is 17.3 Å². The molecule has 7 heteroatoms. The Bertz CT molecular complexity index is 671. The van der Waals surface area contributed by atoms with Crippen molar-refractivity contribution in [2.24, 2.45) is 0 Å². The van der Waals surface area contributed by atoms with Gasteiger partial charge in [0.15, 0.2) is 0 Å². The summed E-state index contributed by atoms with van der Waals surface area (Å²) in [7, 11) is 0. The van der Waals surface area contributed by atoms with E-state index in [9.17, 15) is 14.7 Å². The Balaban J connectivity index is 2.12. The van der Waals surface area contributed by atoms with Gasteiger partial charge in [0.05, 0.1) is 4.91 Å². The van der Waals surface area contributed by atoms with Crippen molar-refractivity contribution in [2.45, 2.75) is 6.42 Å². The predicted molar refractivity (Wildman–Crippen MR) is 89.9 cm³/mol. The second kappa shape index (κ2) is 7.58. The average molecular weight is 353 g/mol. The van der Waals surface area contributed by atoms with Gasteiger partial charge in [-0.1, -0.05) is 65.9 Å². The van der Waals surface area contributed by atoms with Gasteiger partial charge in [-0.05, 0) is 17.7 Å². The van der Waals surface area contributed by atoms with Crippen molar-refractivity contribution in [1.29, 1.82) is 0 Å². The third-order valence-electron chi connectivity index (χ3n) is 2.79. The van der Waals surface area contributed by atoms with Crippen LogP contribution in [0.15, 0.2) is 46.3 Å². The Labute approximate surface area is 142 Å². The molecule has 1 fully saturated rings. The fraction of sp³-hybridized carbons (Fsp3) is 0.133. The number of carboxylic acids is 1. The van der Waals surface area contributed by atoms with Gasteiger partial charge in [0, 0.05) is 24.0 Å². The summed E-state index contributed by atoms with van der Waals surface area (Å²) < 4.78 is 0.321. The second-order valence-electron chi connectivity index (χ2n) is 4.40. The smallest absolute Gasteiger partial charge is 0.266 e. The van der Waals surface area contributed by atoms with Crippen LogP contribution in [-0.2, 0) is 9.59 Å². The van der Waals surface area contributed by atoms with Gasteiger partial charge in [-0.25, -0.2) is 0 Å². The van der Waals surface area contributed by atoms with Gasteiger partial charge < -0.3 is 9.90 Å². The molecule has 114 valence electrons. The highest BCUT2D eigenvalue weighted by atomic mass is 35.5. The maximum Gasteiger partial charge on any atom is 0.266 e. The van der Waals surface area contributed by atoms with Gasteiger partial charge in [0.1, 0.15) is 4.32 Å². The van der Waals surface area contributed by atoms with Crippen molar-refractivity contribution in [2.75, 3.05) is 6.54 Å². The Morgan fingerprint density at radius 3 is 2.68 bits per heavy atom. The molecule has 22 heavy (non-hydrogen) atoms. The Morgan fingerprint density at radius 1 is 1.36 bits per heavy atom. The number of thiocarbonyl (C=S) groups is 1. The highest BCUT2D eigenvalue weighted by molar-refractivity contribution is 8.26. The Kier molecular flexibility index (Phi) is 5.76. The molecule has 0 aliphatic carbocycles. The molecule has 1 aromatic carbocycles. The molecule has 1 heterocycles. The molecule has 0 bridgehead atoms. The van der Waals surface area contributed by atoms with E-state index in [4.69, 9.17) is 23.8 Å². The van der Waals surface area contributed by atoms with Gasteiger partial charge in [-0.3, -0.25) is 9.69 Å². The lowest BCUT2D eigenvalue weighted by Crippen LogP contribution is -2.33. The lowest BCUT2D eigenvalue weighted by atomic mass is 10.2. The normalized spacial score (nSPS) is 17.4. The van der Waals surface area contributed by atoms with E-state index in [2.05, 4.69) is 0 Å². The number of carbonyl (C=O) groups excluding carboxylic acids is 2. The molecular formula is C15H11ClNO3S2-. The number of aliphatic carboxylic acids is 1. The topological polar surface area (TPSA) is 60.4 Å². The molecule has 0 radical (unpaired) electrons. The molecular weight excluding hydrogens is 342 g/mol. The first-order valence-electron chi connectivity index (χ1n) is 6.35. The number of rotatable bonds is 5. The number of benzene rings is 1. The van der Waals surface area contributed by atoms with Gasteiger partial charge >= 0.3 is 0 Å². The predicted octanol–water partition coefficient (Wildman–Crippen LogP) is 2.15. The maximum atomic E-state index is 12.2. The van der Waals surface area contributed by atoms with Crippen LogP contribution in [0.3, 0.4) is 0 Å². The number of amides is 1. The van der Waals surface area contributed by atoms with Crippen LogP contribution in [-0.4, -0.2) is 27.6 Å². The molecule has 1 aromatic rings. The average Bonchev–Trinajstić information content (AvgIpc) is 2.72. The number of nitrogens with zero attached hydrogens (tertiary/aromatic N) is 1. The third kappa shape index (κ3) is 4.43. The van der Waals surface area contributed by atoms with E-state index >= 15 is 0 Å². The highest BCUT2D eigenvalue weighted by Crippen LogP contribution is 2.32. The highest BCUT2D eigenvalue weighted by Gasteiger charge is 2.31. The molecule has 1 aliphatic heterocycles. The first-order valence-corrected chi connectivity index (χ1v) is 7.95. The molecule has 0 spiro atoms. The van der Waals surface area contributed by atoms with E-state index in [-0.39, 0.29) is 18.9 Å². The summed E-state index contributed by atoms with van der Waals surface area (Å²) in [6, 6.07) is 9.45. The van der Waals surface area contributed by atoms with Crippen LogP contribution in [0.5, 0.6) is 0 Å². The van der Waals surface area contributed by atoms with Crippen LogP contribution in [0.4, 0.5) is 0 Å². The van der Waals surface area contributed by atoms with E-state index in [1.807, 2.05) is 30.3 Å². The fourth-order valence-corrected chi connectivity index (χ4v) is 3.37. The third-order valence-corrected chi connectivity index (χ3v) is 4.38. The zero-order chi connectivity index (χ0) is 16.1. The summed E-state index contributed by atoms with van der Waals surface area (Å²) in [5.41, 5.74) is 0.913. The standard InChI is InChI=1S/C15H12ClNO3S2/c16-11(8-10-4-2-1-3-5-10)9-12-14(20)17(15(21)22-12)7-6-13(18)19/h1-5,8-9H,6-7H2,(H,18,19)/p-1/b11-8-,12-9?. The molecule has 0 atom stereocenters. The lowest BCUT2D eigenvalue weighted by Gasteiger charge is -2.14. The summed E-state index contributed by atoms with van der Waals surface area (Å²) in [5.74, 6) is -1.56. The van der Waals surface area contributed by atoms with E-state index < -0.39 is 5.97 Å². The maximum absolute atomic E-state index is 12.2. The zero-order valence-electron chi connectivity index (χ0n) is 11.3. The number of carboxylic acid groups (broad SMARTS) is 1. The molecule has 1 aliphatic rings. The van der Waals surface area contributed by atoms with Gasteiger partial charge in [0.2, 0.25) is 0 Å². The van der Waals surface area contributed by atoms with Crippen molar-refractivity contribution < 1.29 is 14.7 Å². The van der Waals surface area contributed by atoms with E-state index in [0.29, 0.717) is 14.3 Å². The minimum Gasteiger partial charge on any atom is -0.550 e. The molecule has 0 N–H and O–H groups in total. The summed E-state index contributed by atoms with van der Waals surface area (Å²) in [5, 5.41) is 10.9. The largest absolute Gasteiger partial charge is 0.550 e. The van der Waals surface area contributed by atoms with Crippen LogP contribution in [0.1, 0.15) is 12.0 Å². The van der Waals surface area contributed by atoms with Crippen molar-refractivity contribution in [3.8, 4) is 0 Å². The molecule has 1 amide bonds. The summed E-state index contributed by atoms with van der Waals surface area (Å²) >= 11 is 12.3. The van der Waals surface area contributed by atoms with E-state index in [1.54, 1.807) is 6.08 Å². The number of halogens is 1. The number of thioether (sulfide) groups is 1. The minimum atomic E-state index is -1.22. The van der Waals surface area contributed by atoms with Crippen molar-refractivity contribution >= 4 is 57.9 Å². The summed E-state index contributed by atoms with van der Waals surface area (Å²) in [6.07, 6.45) is 3.01. The number of carbonyl (C=O) groups is 2. The van der Waals surface area contributed by atoms with Crippen LogP contribution < -0.4 is 5.11 Å². The minimum absolute atomic E-state index is 0.00432. The number of hydrogen-bond donors (Lipinski definition) is 0. The van der Waals surface area contributed by atoms with Gasteiger partial charge in [-0.2, -0.15) is 0 Å². The second-order valence-corrected chi connectivity index (χ2v) is 6.51. The van der Waals surface area contributed by atoms with Gasteiger partial charge in [-0.15, -0.1) is 0 Å². The SMILES string of the molecule is O=C([O-])CCN1C(=O)C(=C/C(Cl)=C/c2ccccc2)SC1=S. The van der Waals surface area contributed by atoms with E-state index in [1.165, 1.54) is 11.0 Å². The zero-order valence-corrected chi connectivity index (χ0v) is 13.7. The molecule has 2 rings (SSSR count). The summed E-state index contributed by atoms with van der Waals surface area (Å²) in [6.45, 7) is 0.00432. The van der Waals surface area contributed by atoms with Crippen LogP contribution in [0.25, 0.3) is 6.08 Å². The fourth-order valence-electron chi connectivity index (χ4n) is 1.77. The monoisotopic (exact) mass is 352 g/mol. The Morgan fingerprint density at radius 2 is 2.05 bits per heavy atom. The van der Waals surface area contributed by atoms with Gasteiger partial charge in [0.25, 0.3) is 5.91 Å². The first-order chi connectivity index (χ1) is 10.5. The first kappa shape index (κ1) is 16.7. The molecule has 0 aromatic heterocycles. The Hall–Kier alpha value is -1.63.